The zero-order valence-corrected chi connectivity index (χ0v) is 14.0. The molecule has 1 fully saturated rings. The van der Waals surface area contributed by atoms with Crippen molar-refractivity contribution in [1.82, 2.24) is 10.2 Å². The molecule has 1 aliphatic rings. The van der Waals surface area contributed by atoms with E-state index in [0.717, 1.165) is 62.1 Å². The third-order valence-corrected chi connectivity index (χ3v) is 4.11. The Morgan fingerprint density at radius 1 is 1.32 bits per heavy atom. The summed E-state index contributed by atoms with van der Waals surface area (Å²) in [7, 11) is 1.69. The number of carbonyl (C=O) groups excluding carboxylic acids is 1. The second kappa shape index (κ2) is 8.25. The van der Waals surface area contributed by atoms with Crippen molar-refractivity contribution in [1.29, 1.82) is 0 Å². The van der Waals surface area contributed by atoms with E-state index in [9.17, 15) is 4.79 Å². The quantitative estimate of drug-likeness (QED) is 0.813. The molecule has 2 rings (SSSR count). The molecule has 0 bridgehead atoms. The van der Waals surface area contributed by atoms with Crippen LogP contribution < -0.4 is 15.0 Å². The van der Waals surface area contributed by atoms with Gasteiger partial charge in [-0.3, -0.25) is 9.69 Å². The molecule has 1 aromatic rings. The third-order valence-electron chi connectivity index (χ3n) is 3.88. The fourth-order valence-electron chi connectivity index (χ4n) is 2.69. The molecule has 0 saturated carbocycles. The molecular formula is C16H24ClN3O2. The highest BCUT2D eigenvalue weighted by atomic mass is 35.5. The number of anilines is 1. The van der Waals surface area contributed by atoms with Crippen LogP contribution in [0.25, 0.3) is 0 Å². The summed E-state index contributed by atoms with van der Waals surface area (Å²) in [5.74, 6) is 0.904. The summed E-state index contributed by atoms with van der Waals surface area (Å²) in [4.78, 5) is 15.6. The highest BCUT2D eigenvalue weighted by molar-refractivity contribution is 6.30. The van der Waals surface area contributed by atoms with Gasteiger partial charge in [-0.15, -0.1) is 0 Å². The molecule has 22 heavy (non-hydrogen) atoms. The topological polar surface area (TPSA) is 44.8 Å². The molecule has 6 heteroatoms. The van der Waals surface area contributed by atoms with Gasteiger partial charge in [-0.2, -0.15) is 0 Å². The van der Waals surface area contributed by atoms with E-state index in [4.69, 9.17) is 16.3 Å². The maximum atomic E-state index is 10.8. The van der Waals surface area contributed by atoms with Crippen molar-refractivity contribution >= 4 is 23.2 Å². The number of nitrogens with zero attached hydrogens (tertiary/aromatic N) is 2. The van der Waals surface area contributed by atoms with Crippen LogP contribution in [0.5, 0.6) is 5.75 Å². The number of nitrogens with one attached hydrogen (secondary N) is 1. The Hall–Kier alpha value is -1.46. The lowest BCUT2D eigenvalue weighted by Gasteiger charge is -2.36. The van der Waals surface area contributed by atoms with Crippen LogP contribution in [0.3, 0.4) is 0 Å². The molecule has 0 radical (unpaired) electrons. The van der Waals surface area contributed by atoms with Gasteiger partial charge in [0.15, 0.2) is 0 Å². The van der Waals surface area contributed by atoms with E-state index < -0.39 is 0 Å². The van der Waals surface area contributed by atoms with E-state index in [0.29, 0.717) is 0 Å². The van der Waals surface area contributed by atoms with Crippen LogP contribution in [0.15, 0.2) is 18.2 Å². The SMILES string of the molecule is COc1ccc(Cl)cc1N1CCN(CCCNC(C)=O)CC1. The van der Waals surface area contributed by atoms with Crippen molar-refractivity contribution in [2.45, 2.75) is 13.3 Å². The van der Waals surface area contributed by atoms with E-state index in [1.165, 1.54) is 0 Å². The van der Waals surface area contributed by atoms with Crippen LogP contribution in [-0.2, 0) is 4.79 Å². The Labute approximate surface area is 137 Å². The van der Waals surface area contributed by atoms with Crippen LogP contribution in [0, 0.1) is 0 Å². The first-order valence-electron chi connectivity index (χ1n) is 7.65. The summed E-state index contributed by atoms with van der Waals surface area (Å²) in [6.45, 7) is 7.24. The molecule has 5 nitrogen and oxygen atoms in total. The minimum atomic E-state index is 0.0397. The second-order valence-electron chi connectivity index (χ2n) is 5.48. The number of rotatable bonds is 6. The first-order chi connectivity index (χ1) is 10.6. The molecule has 0 aliphatic carbocycles. The summed E-state index contributed by atoms with van der Waals surface area (Å²) in [5, 5.41) is 3.56. The standard InChI is InChI=1S/C16H24ClN3O2/c1-13(21)18-6-3-7-19-8-10-20(11-9-19)15-12-14(17)4-5-16(15)22-2/h4-5,12H,3,6-11H2,1-2H3,(H,18,21). The number of carbonyl (C=O) groups is 1. The van der Waals surface area contributed by atoms with E-state index in [2.05, 4.69) is 15.1 Å². The molecule has 1 aromatic carbocycles. The predicted octanol–water partition coefficient (Wildman–Crippen LogP) is 2.00. The lowest BCUT2D eigenvalue weighted by Crippen LogP contribution is -2.47. The molecule has 1 aliphatic heterocycles. The van der Waals surface area contributed by atoms with Gasteiger partial charge in [0, 0.05) is 44.7 Å². The number of methoxy groups -OCH3 is 1. The highest BCUT2D eigenvalue weighted by Crippen LogP contribution is 2.31. The van der Waals surface area contributed by atoms with Crippen molar-refractivity contribution in [3.63, 3.8) is 0 Å². The van der Waals surface area contributed by atoms with Gasteiger partial charge in [-0.1, -0.05) is 11.6 Å². The third kappa shape index (κ3) is 4.78. The molecule has 1 saturated heterocycles. The van der Waals surface area contributed by atoms with Gasteiger partial charge in [0.25, 0.3) is 0 Å². The monoisotopic (exact) mass is 325 g/mol. The lowest BCUT2D eigenvalue weighted by molar-refractivity contribution is -0.118. The second-order valence-corrected chi connectivity index (χ2v) is 5.92. The van der Waals surface area contributed by atoms with Gasteiger partial charge in [0.05, 0.1) is 12.8 Å². The van der Waals surface area contributed by atoms with Gasteiger partial charge < -0.3 is 15.0 Å². The van der Waals surface area contributed by atoms with Gasteiger partial charge in [0.2, 0.25) is 5.91 Å². The van der Waals surface area contributed by atoms with Crippen LogP contribution >= 0.6 is 11.6 Å². The Bertz CT molecular complexity index is 502. The van der Waals surface area contributed by atoms with Crippen molar-refractivity contribution in [2.75, 3.05) is 51.3 Å². The maximum Gasteiger partial charge on any atom is 0.216 e. The first-order valence-corrected chi connectivity index (χ1v) is 8.03. The highest BCUT2D eigenvalue weighted by Gasteiger charge is 2.19. The fourth-order valence-corrected chi connectivity index (χ4v) is 2.86. The summed E-state index contributed by atoms with van der Waals surface area (Å²) in [6, 6.07) is 5.73. The van der Waals surface area contributed by atoms with Gasteiger partial charge in [0.1, 0.15) is 5.75 Å². The van der Waals surface area contributed by atoms with Crippen molar-refractivity contribution in [3.05, 3.63) is 23.2 Å². The molecular weight excluding hydrogens is 302 g/mol. The molecule has 0 atom stereocenters. The smallest absolute Gasteiger partial charge is 0.216 e. The van der Waals surface area contributed by atoms with Crippen molar-refractivity contribution in [3.8, 4) is 5.75 Å². The Morgan fingerprint density at radius 3 is 2.68 bits per heavy atom. The molecule has 1 heterocycles. The molecule has 0 unspecified atom stereocenters. The number of hydrogen-bond donors (Lipinski definition) is 1. The minimum absolute atomic E-state index is 0.0397. The fraction of sp³-hybridized carbons (Fsp3) is 0.562. The van der Waals surface area contributed by atoms with Crippen LogP contribution in [0.4, 0.5) is 5.69 Å². The zero-order chi connectivity index (χ0) is 15.9. The normalized spacial score (nSPS) is 15.7. The van der Waals surface area contributed by atoms with E-state index in [-0.39, 0.29) is 5.91 Å². The Balaban J connectivity index is 1.82. The predicted molar refractivity (Wildman–Crippen MR) is 90.0 cm³/mol. The Kier molecular flexibility index (Phi) is 6.34. The largest absolute Gasteiger partial charge is 0.495 e. The summed E-state index contributed by atoms with van der Waals surface area (Å²) >= 11 is 6.10. The molecule has 0 aromatic heterocycles. The molecule has 122 valence electrons. The first kappa shape index (κ1) is 16.9. The van der Waals surface area contributed by atoms with Crippen LogP contribution in [-0.4, -0.2) is 57.2 Å². The van der Waals surface area contributed by atoms with Crippen molar-refractivity contribution < 1.29 is 9.53 Å². The molecule has 0 spiro atoms. The average Bonchev–Trinajstić information content (AvgIpc) is 2.52. The minimum Gasteiger partial charge on any atom is -0.495 e. The lowest BCUT2D eigenvalue weighted by atomic mass is 10.2. The number of benzene rings is 1. The maximum absolute atomic E-state index is 10.8. The number of piperazine rings is 1. The van der Waals surface area contributed by atoms with Gasteiger partial charge >= 0.3 is 0 Å². The average molecular weight is 326 g/mol. The number of amides is 1. The van der Waals surface area contributed by atoms with Crippen LogP contribution in [0.1, 0.15) is 13.3 Å². The number of ether oxygens (including phenoxy) is 1. The van der Waals surface area contributed by atoms with E-state index in [1.54, 1.807) is 14.0 Å². The summed E-state index contributed by atoms with van der Waals surface area (Å²) in [6.07, 6.45) is 0.986. The van der Waals surface area contributed by atoms with Crippen molar-refractivity contribution in [2.24, 2.45) is 0 Å². The van der Waals surface area contributed by atoms with E-state index >= 15 is 0 Å². The summed E-state index contributed by atoms with van der Waals surface area (Å²) < 4.78 is 5.43. The molecule has 1 N–H and O–H groups in total. The van der Waals surface area contributed by atoms with Crippen LogP contribution in [0.2, 0.25) is 5.02 Å². The molecule has 1 amide bonds. The summed E-state index contributed by atoms with van der Waals surface area (Å²) in [5.41, 5.74) is 1.06. The zero-order valence-electron chi connectivity index (χ0n) is 13.3. The number of halogens is 1. The van der Waals surface area contributed by atoms with Gasteiger partial charge in [-0.25, -0.2) is 0 Å². The van der Waals surface area contributed by atoms with E-state index in [1.807, 2.05) is 18.2 Å². The Morgan fingerprint density at radius 2 is 2.05 bits per heavy atom. The van der Waals surface area contributed by atoms with Gasteiger partial charge in [-0.05, 0) is 31.2 Å². The number of hydrogen-bond acceptors (Lipinski definition) is 4.